The molecule has 0 aromatic carbocycles. The van der Waals surface area contributed by atoms with E-state index < -0.39 is 0 Å². The van der Waals surface area contributed by atoms with Gasteiger partial charge in [-0.25, -0.2) is 0 Å². The normalized spacial score (nSPS) is 22.3. The molecular weight excluding hydrogens is 110 g/mol. The van der Waals surface area contributed by atoms with Crippen LogP contribution in [0.3, 0.4) is 0 Å². The number of hydrogen-bond acceptors (Lipinski definition) is 0. The third-order valence-corrected chi connectivity index (χ3v) is 2.34. The van der Waals surface area contributed by atoms with E-state index in [1.807, 2.05) is 0 Å². The molecule has 3 N–H and O–H groups in total. The minimum absolute atomic E-state index is 1.04. The highest BCUT2D eigenvalue weighted by molar-refractivity contribution is 4.64. The lowest BCUT2D eigenvalue weighted by Crippen LogP contribution is -2.50. The highest BCUT2D eigenvalue weighted by Gasteiger charge is 2.11. The second-order valence-electron chi connectivity index (χ2n) is 3.15. The van der Waals surface area contributed by atoms with E-state index in [1.54, 1.807) is 0 Å². The molecule has 1 aliphatic carbocycles. The van der Waals surface area contributed by atoms with Gasteiger partial charge in [0.1, 0.15) is 0 Å². The van der Waals surface area contributed by atoms with Crippen LogP contribution in [0.15, 0.2) is 0 Å². The molecule has 0 heterocycles. The summed E-state index contributed by atoms with van der Waals surface area (Å²) in [6.07, 6.45) is 8.77. The van der Waals surface area contributed by atoms with E-state index >= 15 is 0 Å². The van der Waals surface area contributed by atoms with Crippen molar-refractivity contribution < 1.29 is 5.73 Å². The summed E-state index contributed by atoms with van der Waals surface area (Å²) >= 11 is 0. The lowest BCUT2D eigenvalue weighted by molar-refractivity contribution is -0.370. The number of rotatable bonds is 2. The summed E-state index contributed by atoms with van der Waals surface area (Å²) in [6.45, 7) is 1.14. The summed E-state index contributed by atoms with van der Waals surface area (Å²) in [5.41, 5.74) is 3.88. The molecule has 1 rings (SSSR count). The van der Waals surface area contributed by atoms with Crippen molar-refractivity contribution in [1.82, 2.24) is 0 Å². The smallest absolute Gasteiger partial charge is 0.0742 e. The largest absolute Gasteiger partial charge is 0.358 e. The molecule has 0 saturated heterocycles. The fraction of sp³-hybridized carbons (Fsp3) is 1.00. The Morgan fingerprint density at radius 2 is 1.78 bits per heavy atom. The Bertz CT molecular complexity index is 62.2. The van der Waals surface area contributed by atoms with Gasteiger partial charge in [0.2, 0.25) is 0 Å². The zero-order chi connectivity index (χ0) is 6.53. The van der Waals surface area contributed by atoms with E-state index in [4.69, 9.17) is 0 Å². The predicted molar refractivity (Wildman–Crippen MR) is 38.9 cm³/mol. The summed E-state index contributed by atoms with van der Waals surface area (Å²) in [5.74, 6) is 1.04. The van der Waals surface area contributed by atoms with Crippen molar-refractivity contribution in [1.29, 1.82) is 0 Å². The molecule has 0 aromatic heterocycles. The van der Waals surface area contributed by atoms with Crippen LogP contribution in [0, 0.1) is 5.92 Å². The van der Waals surface area contributed by atoms with Crippen LogP contribution in [0.5, 0.6) is 0 Å². The van der Waals surface area contributed by atoms with E-state index in [1.165, 1.54) is 38.5 Å². The maximum absolute atomic E-state index is 3.88. The first kappa shape index (κ1) is 7.07. The summed E-state index contributed by atoms with van der Waals surface area (Å²) < 4.78 is 0. The lowest BCUT2D eigenvalue weighted by atomic mass is 9.87. The topological polar surface area (TPSA) is 27.6 Å². The third kappa shape index (κ3) is 2.35. The van der Waals surface area contributed by atoms with Gasteiger partial charge < -0.3 is 5.73 Å². The summed E-state index contributed by atoms with van der Waals surface area (Å²) in [6, 6.07) is 0. The van der Waals surface area contributed by atoms with Crippen LogP contribution in [-0.2, 0) is 0 Å². The molecule has 1 fully saturated rings. The minimum Gasteiger partial charge on any atom is -0.358 e. The minimum atomic E-state index is 1.04. The fourth-order valence-electron chi connectivity index (χ4n) is 1.76. The Morgan fingerprint density at radius 1 is 1.11 bits per heavy atom. The standard InChI is InChI=1S/C8H17N/c9-7-6-8-4-2-1-3-5-8/h8H,1-7,9H2/p+1. The Hall–Kier alpha value is -0.0400. The number of hydrogen-bond donors (Lipinski definition) is 1. The van der Waals surface area contributed by atoms with Crippen molar-refractivity contribution in [2.24, 2.45) is 5.92 Å². The van der Waals surface area contributed by atoms with Gasteiger partial charge in [-0.05, 0) is 12.3 Å². The molecule has 54 valence electrons. The van der Waals surface area contributed by atoms with Crippen LogP contribution in [0.25, 0.3) is 0 Å². The average Bonchev–Trinajstić information content (AvgIpc) is 1.91. The van der Waals surface area contributed by atoms with Gasteiger partial charge in [0, 0.05) is 0 Å². The van der Waals surface area contributed by atoms with E-state index in [9.17, 15) is 0 Å². The molecule has 0 aromatic rings. The molecule has 0 spiro atoms. The Kier molecular flexibility index (Phi) is 3.05. The van der Waals surface area contributed by atoms with Gasteiger partial charge in [-0.2, -0.15) is 0 Å². The molecular formula is C8H18N+. The quantitative estimate of drug-likeness (QED) is 0.578. The van der Waals surface area contributed by atoms with Crippen LogP contribution < -0.4 is 5.73 Å². The molecule has 0 bridgehead atoms. The molecule has 1 saturated carbocycles. The molecule has 0 unspecified atom stereocenters. The van der Waals surface area contributed by atoms with Crippen molar-refractivity contribution in [2.75, 3.05) is 6.54 Å². The van der Waals surface area contributed by atoms with Gasteiger partial charge in [0.25, 0.3) is 0 Å². The first-order valence-electron chi connectivity index (χ1n) is 4.22. The second kappa shape index (κ2) is 3.89. The van der Waals surface area contributed by atoms with Crippen molar-refractivity contribution in [3.8, 4) is 0 Å². The molecule has 1 nitrogen and oxygen atoms in total. The Labute approximate surface area is 57.6 Å². The molecule has 0 aliphatic heterocycles. The monoisotopic (exact) mass is 128 g/mol. The zero-order valence-electron chi connectivity index (χ0n) is 6.23. The first-order valence-corrected chi connectivity index (χ1v) is 4.22. The van der Waals surface area contributed by atoms with Crippen LogP contribution in [0.4, 0.5) is 0 Å². The van der Waals surface area contributed by atoms with Crippen LogP contribution in [-0.4, -0.2) is 6.54 Å². The third-order valence-electron chi connectivity index (χ3n) is 2.34. The van der Waals surface area contributed by atoms with Crippen LogP contribution >= 0.6 is 0 Å². The average molecular weight is 128 g/mol. The molecule has 0 amide bonds. The maximum Gasteiger partial charge on any atom is 0.0742 e. The van der Waals surface area contributed by atoms with Gasteiger partial charge in [-0.3, -0.25) is 0 Å². The van der Waals surface area contributed by atoms with E-state index in [-0.39, 0.29) is 0 Å². The Balaban J connectivity index is 2.08. The maximum atomic E-state index is 3.88. The lowest BCUT2D eigenvalue weighted by Gasteiger charge is -2.19. The summed E-state index contributed by atoms with van der Waals surface area (Å²) in [7, 11) is 0. The van der Waals surface area contributed by atoms with Gasteiger partial charge in [-0.1, -0.05) is 32.1 Å². The molecule has 0 radical (unpaired) electrons. The number of quaternary nitrogens is 1. The van der Waals surface area contributed by atoms with Crippen LogP contribution in [0.1, 0.15) is 38.5 Å². The highest BCUT2D eigenvalue weighted by Crippen LogP contribution is 2.25. The van der Waals surface area contributed by atoms with Crippen molar-refractivity contribution in [3.05, 3.63) is 0 Å². The fourth-order valence-corrected chi connectivity index (χ4v) is 1.76. The van der Waals surface area contributed by atoms with Crippen molar-refractivity contribution >= 4 is 0 Å². The van der Waals surface area contributed by atoms with Gasteiger partial charge >= 0.3 is 0 Å². The van der Waals surface area contributed by atoms with E-state index in [2.05, 4.69) is 5.73 Å². The predicted octanol–water partition coefficient (Wildman–Crippen LogP) is 1.20. The second-order valence-corrected chi connectivity index (χ2v) is 3.15. The zero-order valence-corrected chi connectivity index (χ0v) is 6.23. The first-order chi connectivity index (χ1) is 4.43. The van der Waals surface area contributed by atoms with Gasteiger partial charge in [0.05, 0.1) is 6.54 Å². The SMILES string of the molecule is [NH3+]CCC1CCCCC1. The molecule has 0 atom stereocenters. The summed E-state index contributed by atoms with van der Waals surface area (Å²) in [5, 5.41) is 0. The van der Waals surface area contributed by atoms with Crippen molar-refractivity contribution in [2.45, 2.75) is 38.5 Å². The van der Waals surface area contributed by atoms with Crippen molar-refractivity contribution in [3.63, 3.8) is 0 Å². The van der Waals surface area contributed by atoms with Gasteiger partial charge in [0.15, 0.2) is 0 Å². The summed E-state index contributed by atoms with van der Waals surface area (Å²) in [4.78, 5) is 0. The highest BCUT2D eigenvalue weighted by atomic mass is 14.5. The molecule has 1 aliphatic rings. The van der Waals surface area contributed by atoms with E-state index in [0.717, 1.165) is 12.5 Å². The molecule has 1 heteroatoms. The van der Waals surface area contributed by atoms with Crippen LogP contribution in [0.2, 0.25) is 0 Å². The Morgan fingerprint density at radius 3 is 2.33 bits per heavy atom. The van der Waals surface area contributed by atoms with E-state index in [0.29, 0.717) is 0 Å². The van der Waals surface area contributed by atoms with Gasteiger partial charge in [-0.15, -0.1) is 0 Å². The molecule has 9 heavy (non-hydrogen) atoms.